The van der Waals surface area contributed by atoms with E-state index >= 15 is 8.78 Å². The van der Waals surface area contributed by atoms with Crippen LogP contribution in [-0.4, -0.2) is 141 Å². The number of ether oxygens (including phenoxy) is 3. The number of imide groups is 1. The van der Waals surface area contributed by atoms with Crippen LogP contribution in [0.1, 0.15) is 106 Å². The first-order valence-corrected chi connectivity index (χ1v) is 28.4. The molecule has 6 fully saturated rings. The normalized spacial score (nSPS) is 24.1. The molecule has 7 aliphatic rings. The number of piperidine rings is 3. The summed E-state index contributed by atoms with van der Waals surface area (Å²) in [5, 5.41) is 20.2. The Kier molecular flexibility index (Phi) is 13.5. The van der Waals surface area contributed by atoms with Crippen molar-refractivity contribution in [2.45, 2.75) is 113 Å². The summed E-state index contributed by atoms with van der Waals surface area (Å²) < 4.78 is 53.4. The average molecular weight is 1080 g/mol. The number of aromatic nitrogens is 5. The van der Waals surface area contributed by atoms with Crippen LogP contribution in [0.25, 0.3) is 43.8 Å². The van der Waals surface area contributed by atoms with Crippen molar-refractivity contribution in [3.8, 4) is 35.4 Å². The summed E-state index contributed by atoms with van der Waals surface area (Å²) in [7, 11) is 1.91. The molecule has 3 aromatic heterocycles. The number of halogens is 2. The minimum atomic E-state index is -0.747. The Morgan fingerprint density at radius 2 is 1.73 bits per heavy atom. The molecule has 13 rings (SSSR count). The fourth-order valence-corrected chi connectivity index (χ4v) is 14.4. The highest BCUT2D eigenvalue weighted by molar-refractivity contribution is 6.04. The van der Waals surface area contributed by atoms with Crippen LogP contribution in [0.4, 0.5) is 25.1 Å². The van der Waals surface area contributed by atoms with E-state index in [0.29, 0.717) is 99.3 Å². The number of hydrogen-bond donors (Lipinski definition) is 2. The molecular formula is C60H66F2N10O7. The van der Waals surface area contributed by atoms with Crippen molar-refractivity contribution in [2.75, 3.05) is 75.5 Å². The van der Waals surface area contributed by atoms with Gasteiger partial charge in [0.2, 0.25) is 11.8 Å². The number of aryl methyl sites for hydroxylation is 2. The van der Waals surface area contributed by atoms with E-state index in [-0.39, 0.29) is 81.6 Å². The van der Waals surface area contributed by atoms with Gasteiger partial charge in [-0.15, -0.1) is 6.42 Å². The van der Waals surface area contributed by atoms with Crippen LogP contribution in [0, 0.1) is 35.8 Å². The molecule has 412 valence electrons. The Morgan fingerprint density at radius 3 is 2.54 bits per heavy atom. The van der Waals surface area contributed by atoms with Gasteiger partial charge in [-0.1, -0.05) is 12.0 Å². The molecule has 10 heterocycles. The number of phenolic OH excluding ortho intramolecular Hbond substituents is 1. The number of likely N-dealkylation sites (tertiary alicyclic amines) is 1. The van der Waals surface area contributed by atoms with Crippen molar-refractivity contribution in [3.05, 3.63) is 71.1 Å². The van der Waals surface area contributed by atoms with Crippen LogP contribution in [0.2, 0.25) is 0 Å². The molecule has 3 amide bonds. The predicted molar refractivity (Wildman–Crippen MR) is 293 cm³/mol. The van der Waals surface area contributed by atoms with E-state index in [9.17, 15) is 19.5 Å². The molecule has 0 bridgehead atoms. The summed E-state index contributed by atoms with van der Waals surface area (Å²) >= 11 is 0. The van der Waals surface area contributed by atoms with Crippen molar-refractivity contribution in [2.24, 2.45) is 18.9 Å². The van der Waals surface area contributed by atoms with Gasteiger partial charge in [0, 0.05) is 80.9 Å². The molecule has 0 saturated carbocycles. The first-order chi connectivity index (χ1) is 38.4. The number of phenols is 1. The van der Waals surface area contributed by atoms with Crippen LogP contribution in [0.3, 0.4) is 0 Å². The standard InChI is InChI=1S/C60H66F2N10O7/c1-3-42-46(61)11-6-37-29-41(73)31-45(50(37)42)54-52(62)55-51-47(63-54)12-8-39-32-77-27-5-21-71(39)56(51)66-58(65-55)79-34-60-19-4-22-72(60)40(14-20-60)33-78-59(76)70-25-17-36(18-26-70)28-35-15-23-69(24-16-35)38-7-9-43-48(30-38)68(2)67-53(43)44-10-13-49(74)64-57(44)75/h1,6-7,9,11,29-31,35-36,39-40,44,73H,4-5,8,10,12-28,32-34H2,2H3,(H,64,74,75)/t39-,40+,44?,60+/m0/s1. The van der Waals surface area contributed by atoms with Gasteiger partial charge in [0.05, 0.1) is 52.0 Å². The molecule has 1 unspecified atom stereocenters. The van der Waals surface area contributed by atoms with Gasteiger partial charge in [-0.2, -0.15) is 15.1 Å². The van der Waals surface area contributed by atoms with Crippen LogP contribution in [0.5, 0.6) is 11.8 Å². The summed E-state index contributed by atoms with van der Waals surface area (Å²) in [6.45, 7) is 6.44. The second-order valence-electron chi connectivity index (χ2n) is 23.1. The molecule has 4 atom stereocenters. The number of carbonyl (C=O) groups is 3. The van der Waals surface area contributed by atoms with E-state index in [4.69, 9.17) is 40.7 Å². The number of nitrogens with one attached hydrogen (secondary N) is 1. The number of anilines is 2. The Hall–Kier alpha value is -7.17. The molecule has 79 heavy (non-hydrogen) atoms. The van der Waals surface area contributed by atoms with Crippen LogP contribution in [-0.2, 0) is 32.5 Å². The minimum Gasteiger partial charge on any atom is -0.508 e. The fraction of sp³-hybridized carbons (Fsp3) is 0.517. The molecule has 0 aliphatic carbocycles. The smallest absolute Gasteiger partial charge is 0.409 e. The number of pyridine rings is 1. The van der Waals surface area contributed by atoms with Gasteiger partial charge in [0.25, 0.3) is 0 Å². The predicted octanol–water partition coefficient (Wildman–Crippen LogP) is 8.29. The summed E-state index contributed by atoms with van der Waals surface area (Å²) in [6, 6.07) is 12.0. The molecule has 0 radical (unpaired) electrons. The molecule has 2 N–H and O–H groups in total. The van der Waals surface area contributed by atoms with Gasteiger partial charge in [0.15, 0.2) is 5.82 Å². The average Bonchev–Trinajstić information content (AvgIpc) is 4.25. The van der Waals surface area contributed by atoms with Gasteiger partial charge in [-0.3, -0.25) is 24.5 Å². The lowest BCUT2D eigenvalue weighted by atomic mass is 9.83. The van der Waals surface area contributed by atoms with Crippen LogP contribution < -0.4 is 19.9 Å². The third-order valence-electron chi connectivity index (χ3n) is 18.6. The maximum absolute atomic E-state index is 17.5. The molecule has 19 heteroatoms. The highest BCUT2D eigenvalue weighted by atomic mass is 19.1. The van der Waals surface area contributed by atoms with Gasteiger partial charge < -0.3 is 34.0 Å². The third kappa shape index (κ3) is 9.41. The number of hydrogen-bond acceptors (Lipinski definition) is 14. The van der Waals surface area contributed by atoms with E-state index in [2.05, 4.69) is 44.1 Å². The number of amides is 3. The zero-order valence-electron chi connectivity index (χ0n) is 44.7. The molecule has 7 aliphatic heterocycles. The first kappa shape index (κ1) is 51.3. The van der Waals surface area contributed by atoms with E-state index in [0.717, 1.165) is 106 Å². The summed E-state index contributed by atoms with van der Waals surface area (Å²) in [4.78, 5) is 61.8. The van der Waals surface area contributed by atoms with Crippen molar-refractivity contribution in [1.29, 1.82) is 0 Å². The largest absolute Gasteiger partial charge is 0.508 e. The number of benzene rings is 3. The van der Waals surface area contributed by atoms with Gasteiger partial charge in [-0.05, 0) is 144 Å². The molecule has 6 aromatic rings. The second kappa shape index (κ2) is 20.8. The van der Waals surface area contributed by atoms with E-state index in [1.165, 1.54) is 24.3 Å². The molecule has 3 aromatic carbocycles. The van der Waals surface area contributed by atoms with Crippen molar-refractivity contribution in [3.63, 3.8) is 0 Å². The summed E-state index contributed by atoms with van der Waals surface area (Å²) in [5.74, 6) is 1.72. The molecular weight excluding hydrogens is 1010 g/mol. The fourth-order valence-electron chi connectivity index (χ4n) is 14.4. The maximum Gasteiger partial charge on any atom is 0.409 e. The quantitative estimate of drug-likeness (QED) is 0.0988. The highest BCUT2D eigenvalue weighted by Gasteiger charge is 2.50. The lowest BCUT2D eigenvalue weighted by molar-refractivity contribution is -0.134. The second-order valence-corrected chi connectivity index (χ2v) is 23.1. The zero-order chi connectivity index (χ0) is 54.1. The number of carbonyl (C=O) groups excluding carboxylic acids is 3. The van der Waals surface area contributed by atoms with E-state index in [1.807, 2.05) is 16.6 Å². The van der Waals surface area contributed by atoms with Gasteiger partial charge in [-0.25, -0.2) is 18.6 Å². The van der Waals surface area contributed by atoms with E-state index < -0.39 is 17.6 Å². The summed E-state index contributed by atoms with van der Waals surface area (Å²) in [6.07, 6.45) is 17.1. The number of aromatic hydroxyl groups is 1. The SMILES string of the molecule is C#Cc1c(F)ccc2cc(O)cc(-c3nc4c5c(nc(OC[C@]67CCCN6[C@@H](COC(=O)N6CCC(CC8CCN(c9ccc%10c(C%11CCC(=O)NC%11=O)nn(C)c%10c9)CC8)CC6)CC7)nc5c3F)N3CCCOC[C@@H]3CC4)c12. The monoisotopic (exact) mass is 1080 g/mol. The van der Waals surface area contributed by atoms with E-state index in [1.54, 1.807) is 0 Å². The topological polar surface area (TPSA) is 181 Å². The Morgan fingerprint density at radius 1 is 0.911 bits per heavy atom. The van der Waals surface area contributed by atoms with Crippen molar-refractivity contribution < 1.29 is 42.5 Å². The highest BCUT2D eigenvalue weighted by Crippen LogP contribution is 2.45. The minimum absolute atomic E-state index is 0.0309. The lowest BCUT2D eigenvalue weighted by Crippen LogP contribution is -2.48. The van der Waals surface area contributed by atoms with Crippen LogP contribution in [0.15, 0.2) is 42.5 Å². The number of terminal acetylenes is 1. The molecule has 0 spiro atoms. The lowest BCUT2D eigenvalue weighted by Gasteiger charge is -2.37. The Labute approximate surface area is 456 Å². The van der Waals surface area contributed by atoms with Gasteiger partial charge >= 0.3 is 12.1 Å². The first-order valence-electron chi connectivity index (χ1n) is 28.4. The number of fused-ring (bicyclic) bond motifs is 5. The number of nitrogens with zero attached hydrogens (tertiary/aromatic N) is 9. The maximum atomic E-state index is 17.5. The summed E-state index contributed by atoms with van der Waals surface area (Å²) in [5.41, 5.74) is 3.17. The molecule has 17 nitrogen and oxygen atoms in total. The number of rotatable bonds is 10. The molecule has 6 saturated heterocycles. The van der Waals surface area contributed by atoms with Gasteiger partial charge in [0.1, 0.15) is 41.8 Å². The third-order valence-corrected chi connectivity index (χ3v) is 18.6. The zero-order valence-corrected chi connectivity index (χ0v) is 44.7. The van der Waals surface area contributed by atoms with Crippen molar-refractivity contribution >= 4 is 62.0 Å². The van der Waals surface area contributed by atoms with Crippen molar-refractivity contribution in [1.82, 2.24) is 39.8 Å². The van der Waals surface area contributed by atoms with Crippen LogP contribution >= 0.6 is 0 Å². The Bertz CT molecular complexity index is 3460. The Balaban J connectivity index is 0.639.